The standard InChI is InChI=1S/C15H29N2/c1-4-7-9-12-17-14-13-16(11-6-3)15(17)10-8-5-2/h13-14H,4-12H2,1-3H3/q+1. The minimum Gasteiger partial charge on any atom is -0.234 e. The van der Waals surface area contributed by atoms with E-state index in [1.807, 2.05) is 0 Å². The fraction of sp³-hybridized carbons (Fsp3) is 0.800. The Balaban J connectivity index is 2.65. The molecule has 2 nitrogen and oxygen atoms in total. The third kappa shape index (κ3) is 4.53. The van der Waals surface area contributed by atoms with Crippen molar-refractivity contribution in [1.82, 2.24) is 4.57 Å². The van der Waals surface area contributed by atoms with Gasteiger partial charge in [0.25, 0.3) is 5.82 Å². The molecular formula is C15H29N2+. The molecule has 0 aliphatic rings. The van der Waals surface area contributed by atoms with Crippen molar-refractivity contribution in [3.05, 3.63) is 18.2 Å². The molecular weight excluding hydrogens is 208 g/mol. The molecule has 0 aliphatic heterocycles. The van der Waals surface area contributed by atoms with Gasteiger partial charge in [0.15, 0.2) is 0 Å². The molecule has 17 heavy (non-hydrogen) atoms. The van der Waals surface area contributed by atoms with E-state index in [9.17, 15) is 0 Å². The number of nitrogens with zero attached hydrogens (tertiary/aromatic N) is 2. The van der Waals surface area contributed by atoms with E-state index in [0.717, 1.165) is 0 Å². The van der Waals surface area contributed by atoms with Crippen LogP contribution in [0.1, 0.15) is 65.1 Å². The smallest absolute Gasteiger partial charge is 0.234 e. The Morgan fingerprint density at radius 3 is 2.41 bits per heavy atom. The summed E-state index contributed by atoms with van der Waals surface area (Å²) in [5.41, 5.74) is 0. The summed E-state index contributed by atoms with van der Waals surface area (Å²) < 4.78 is 4.92. The zero-order chi connectivity index (χ0) is 12.5. The van der Waals surface area contributed by atoms with Crippen LogP contribution in [0.5, 0.6) is 0 Å². The molecule has 0 N–H and O–H groups in total. The van der Waals surface area contributed by atoms with Crippen LogP contribution < -0.4 is 4.57 Å². The van der Waals surface area contributed by atoms with Crippen molar-refractivity contribution in [2.24, 2.45) is 0 Å². The zero-order valence-electron chi connectivity index (χ0n) is 11.9. The summed E-state index contributed by atoms with van der Waals surface area (Å²) in [6.45, 7) is 9.16. The van der Waals surface area contributed by atoms with Gasteiger partial charge in [-0.1, -0.05) is 33.6 Å². The van der Waals surface area contributed by atoms with Crippen molar-refractivity contribution in [3.63, 3.8) is 0 Å². The van der Waals surface area contributed by atoms with E-state index in [4.69, 9.17) is 0 Å². The molecule has 98 valence electrons. The molecule has 2 heteroatoms. The SMILES string of the molecule is CCCCC[n+]1ccn(CCC)c1CCCC. The fourth-order valence-corrected chi connectivity index (χ4v) is 2.30. The average Bonchev–Trinajstić information content (AvgIpc) is 2.70. The molecule has 0 atom stereocenters. The van der Waals surface area contributed by atoms with Crippen molar-refractivity contribution >= 4 is 0 Å². The maximum atomic E-state index is 2.47. The number of rotatable bonds is 9. The Morgan fingerprint density at radius 1 is 1.00 bits per heavy atom. The molecule has 1 aromatic heterocycles. The van der Waals surface area contributed by atoms with Crippen LogP contribution in [0, 0.1) is 0 Å². The highest BCUT2D eigenvalue weighted by Crippen LogP contribution is 2.04. The van der Waals surface area contributed by atoms with Crippen LogP contribution in [0.3, 0.4) is 0 Å². The van der Waals surface area contributed by atoms with Gasteiger partial charge in [-0.2, -0.15) is 0 Å². The van der Waals surface area contributed by atoms with Gasteiger partial charge in [-0.15, -0.1) is 0 Å². The lowest BCUT2D eigenvalue weighted by Gasteiger charge is -2.04. The van der Waals surface area contributed by atoms with Crippen molar-refractivity contribution in [2.75, 3.05) is 0 Å². The minimum atomic E-state index is 1.17. The predicted molar refractivity (Wildman–Crippen MR) is 73.1 cm³/mol. The molecule has 0 radical (unpaired) electrons. The van der Waals surface area contributed by atoms with Crippen LogP contribution in [-0.2, 0) is 19.5 Å². The molecule has 0 amide bonds. The first-order valence-electron chi connectivity index (χ1n) is 7.40. The first-order valence-corrected chi connectivity index (χ1v) is 7.40. The van der Waals surface area contributed by atoms with Crippen molar-refractivity contribution in [2.45, 2.75) is 78.8 Å². The predicted octanol–water partition coefficient (Wildman–Crippen LogP) is 3.72. The van der Waals surface area contributed by atoms with Crippen molar-refractivity contribution in [3.8, 4) is 0 Å². The monoisotopic (exact) mass is 237 g/mol. The van der Waals surface area contributed by atoms with Crippen LogP contribution in [0.25, 0.3) is 0 Å². The lowest BCUT2D eigenvalue weighted by Crippen LogP contribution is -2.37. The van der Waals surface area contributed by atoms with Gasteiger partial charge in [0.05, 0.1) is 13.1 Å². The summed E-state index contributed by atoms with van der Waals surface area (Å²) in [5.74, 6) is 1.53. The number of imidazole rings is 1. The Hall–Kier alpha value is -0.790. The van der Waals surface area contributed by atoms with Gasteiger partial charge in [-0.25, -0.2) is 9.13 Å². The largest absolute Gasteiger partial charge is 0.256 e. The van der Waals surface area contributed by atoms with E-state index in [2.05, 4.69) is 42.3 Å². The average molecular weight is 237 g/mol. The summed E-state index contributed by atoms with van der Waals surface area (Å²) >= 11 is 0. The van der Waals surface area contributed by atoms with Gasteiger partial charge in [-0.05, 0) is 25.7 Å². The second kappa shape index (κ2) is 8.32. The molecule has 0 unspecified atom stereocenters. The van der Waals surface area contributed by atoms with E-state index < -0.39 is 0 Å². The molecule has 1 aromatic rings. The number of hydrogen-bond acceptors (Lipinski definition) is 0. The Morgan fingerprint density at radius 2 is 1.76 bits per heavy atom. The number of hydrogen-bond donors (Lipinski definition) is 0. The van der Waals surface area contributed by atoms with Gasteiger partial charge >= 0.3 is 0 Å². The van der Waals surface area contributed by atoms with E-state index in [1.54, 1.807) is 0 Å². The Kier molecular flexibility index (Phi) is 6.99. The molecule has 0 aliphatic carbocycles. The van der Waals surface area contributed by atoms with Gasteiger partial charge in [0.1, 0.15) is 12.4 Å². The van der Waals surface area contributed by atoms with Crippen LogP contribution in [0.2, 0.25) is 0 Å². The molecule has 0 aromatic carbocycles. The van der Waals surface area contributed by atoms with E-state index in [-0.39, 0.29) is 0 Å². The number of aryl methyl sites for hydroxylation is 2. The molecule has 0 bridgehead atoms. The van der Waals surface area contributed by atoms with Crippen molar-refractivity contribution in [1.29, 1.82) is 0 Å². The lowest BCUT2D eigenvalue weighted by atomic mass is 10.2. The highest BCUT2D eigenvalue weighted by atomic mass is 15.1. The fourth-order valence-electron chi connectivity index (χ4n) is 2.30. The number of aromatic nitrogens is 2. The maximum absolute atomic E-state index is 2.47. The van der Waals surface area contributed by atoms with Gasteiger partial charge < -0.3 is 0 Å². The van der Waals surface area contributed by atoms with Crippen LogP contribution >= 0.6 is 0 Å². The Bertz CT molecular complexity index is 302. The summed E-state index contributed by atoms with van der Waals surface area (Å²) in [4.78, 5) is 0. The third-order valence-electron chi connectivity index (χ3n) is 3.31. The molecule has 1 heterocycles. The lowest BCUT2D eigenvalue weighted by molar-refractivity contribution is -0.704. The van der Waals surface area contributed by atoms with E-state index in [1.165, 1.54) is 63.9 Å². The minimum absolute atomic E-state index is 1.17. The van der Waals surface area contributed by atoms with Crippen LogP contribution in [0.4, 0.5) is 0 Å². The Labute approximate surface area is 107 Å². The van der Waals surface area contributed by atoms with Crippen molar-refractivity contribution < 1.29 is 4.57 Å². The molecule has 0 fully saturated rings. The highest BCUT2D eigenvalue weighted by molar-refractivity contribution is 4.84. The highest BCUT2D eigenvalue weighted by Gasteiger charge is 2.15. The summed E-state index contributed by atoms with van der Waals surface area (Å²) in [6.07, 6.45) is 13.6. The van der Waals surface area contributed by atoms with E-state index in [0.29, 0.717) is 0 Å². The normalized spacial score (nSPS) is 11.0. The zero-order valence-corrected chi connectivity index (χ0v) is 11.9. The maximum Gasteiger partial charge on any atom is 0.256 e. The van der Waals surface area contributed by atoms with Gasteiger partial charge in [0.2, 0.25) is 0 Å². The molecule has 1 rings (SSSR count). The topological polar surface area (TPSA) is 8.81 Å². The summed E-state index contributed by atoms with van der Waals surface area (Å²) in [7, 11) is 0. The number of unbranched alkanes of at least 4 members (excludes halogenated alkanes) is 3. The molecule has 0 saturated heterocycles. The summed E-state index contributed by atoms with van der Waals surface area (Å²) in [5, 5.41) is 0. The van der Waals surface area contributed by atoms with Crippen LogP contribution in [0.15, 0.2) is 12.4 Å². The first kappa shape index (κ1) is 14.3. The van der Waals surface area contributed by atoms with E-state index >= 15 is 0 Å². The van der Waals surface area contributed by atoms with Crippen LogP contribution in [-0.4, -0.2) is 4.57 Å². The second-order valence-electron chi connectivity index (χ2n) is 4.91. The first-order chi connectivity index (χ1) is 8.33. The molecule has 0 saturated carbocycles. The third-order valence-corrected chi connectivity index (χ3v) is 3.31. The quantitative estimate of drug-likeness (QED) is 0.457. The molecule has 0 spiro atoms. The van der Waals surface area contributed by atoms with Gasteiger partial charge in [0, 0.05) is 6.42 Å². The van der Waals surface area contributed by atoms with Gasteiger partial charge in [-0.3, -0.25) is 0 Å². The second-order valence-corrected chi connectivity index (χ2v) is 4.91. The summed E-state index contributed by atoms with van der Waals surface area (Å²) in [6, 6.07) is 0.